The van der Waals surface area contributed by atoms with E-state index < -0.39 is 36.5 Å². The van der Waals surface area contributed by atoms with Crippen LogP contribution < -0.4 is 4.74 Å². The Labute approximate surface area is 318 Å². The second-order valence-corrected chi connectivity index (χ2v) is 14.5. The maximum Gasteiger partial charge on any atom is 0.198 e. The molecular formula is C46H50O8. The van der Waals surface area contributed by atoms with Gasteiger partial charge >= 0.3 is 0 Å². The first-order valence-corrected chi connectivity index (χ1v) is 19.4. The van der Waals surface area contributed by atoms with E-state index in [0.717, 1.165) is 53.1 Å². The van der Waals surface area contributed by atoms with Crippen LogP contribution in [0.5, 0.6) is 5.75 Å². The van der Waals surface area contributed by atoms with Gasteiger partial charge in [0.15, 0.2) is 18.2 Å². The molecule has 1 aliphatic carbocycles. The summed E-state index contributed by atoms with van der Waals surface area (Å²) in [5.74, 6) is 0.204. The van der Waals surface area contributed by atoms with Gasteiger partial charge in [0.1, 0.15) is 30.2 Å². The zero-order valence-electron chi connectivity index (χ0n) is 30.7. The molecule has 282 valence electrons. The number of hydrogen-bond donors (Lipinski definition) is 0. The van der Waals surface area contributed by atoms with Crippen LogP contribution in [0.25, 0.3) is 10.8 Å². The Morgan fingerprint density at radius 1 is 0.556 bits per heavy atom. The van der Waals surface area contributed by atoms with E-state index in [1.807, 2.05) is 78.9 Å². The maximum absolute atomic E-state index is 7.04. The molecule has 0 amide bonds. The fraction of sp³-hybridized carbons (Fsp3) is 0.391. The van der Waals surface area contributed by atoms with Gasteiger partial charge in [-0.2, -0.15) is 0 Å². The number of benzene rings is 5. The fourth-order valence-corrected chi connectivity index (χ4v) is 7.76. The first-order chi connectivity index (χ1) is 26.7. The van der Waals surface area contributed by atoms with Crippen molar-refractivity contribution in [3.05, 3.63) is 150 Å². The summed E-state index contributed by atoms with van der Waals surface area (Å²) in [7, 11) is 0. The van der Waals surface area contributed by atoms with Crippen molar-refractivity contribution < 1.29 is 37.9 Å². The van der Waals surface area contributed by atoms with E-state index in [1.165, 1.54) is 6.42 Å². The summed E-state index contributed by atoms with van der Waals surface area (Å²) >= 11 is 0. The van der Waals surface area contributed by atoms with E-state index in [0.29, 0.717) is 32.2 Å². The summed E-state index contributed by atoms with van der Waals surface area (Å²) in [4.78, 5) is 0. The summed E-state index contributed by atoms with van der Waals surface area (Å²) in [6.07, 6.45) is 1.75. The lowest BCUT2D eigenvalue weighted by Crippen LogP contribution is -2.63. The van der Waals surface area contributed by atoms with Crippen molar-refractivity contribution in [1.82, 2.24) is 0 Å². The molecule has 0 radical (unpaired) electrons. The minimum absolute atomic E-state index is 0.228. The first-order valence-electron chi connectivity index (χ1n) is 19.4. The van der Waals surface area contributed by atoms with Crippen LogP contribution in [-0.4, -0.2) is 62.4 Å². The van der Waals surface area contributed by atoms with Crippen molar-refractivity contribution in [2.45, 2.75) is 94.5 Å². The standard InChI is InChI=1S/C46H50O8/c1-5-16-34(17-6-1)28-47-33-41-42(48-29-35-18-7-2-8-19-35)43(49-30-36-20-9-3-10-21-36)44(52-40-25-15-23-37-22-11-12-24-39(37)40)45(53-41)50-31-38-32-51-46(54-38)26-13-4-14-27-46/h1-3,5-12,15-25,38,41-45H,4,13-14,26-33H2/t38-,41+,42+,43-,44+,45-/m0/s1. The number of rotatable bonds is 15. The molecule has 6 atom stereocenters. The quantitative estimate of drug-likeness (QED) is 0.106. The summed E-state index contributed by atoms with van der Waals surface area (Å²) in [5, 5.41) is 2.06. The molecule has 2 saturated heterocycles. The van der Waals surface area contributed by atoms with Gasteiger partial charge in [0, 0.05) is 18.2 Å². The Bertz CT molecular complexity index is 1860. The molecule has 3 fully saturated rings. The maximum atomic E-state index is 7.04. The third kappa shape index (κ3) is 9.21. The van der Waals surface area contributed by atoms with E-state index in [-0.39, 0.29) is 19.3 Å². The monoisotopic (exact) mass is 730 g/mol. The Kier molecular flexibility index (Phi) is 12.3. The molecule has 3 aliphatic rings. The molecule has 2 heterocycles. The molecule has 54 heavy (non-hydrogen) atoms. The van der Waals surface area contributed by atoms with Gasteiger partial charge in [-0.3, -0.25) is 0 Å². The van der Waals surface area contributed by atoms with Crippen molar-refractivity contribution in [3.63, 3.8) is 0 Å². The summed E-state index contributed by atoms with van der Waals surface area (Å²) < 4.78 is 53.7. The number of fused-ring (bicyclic) bond motifs is 1. The average Bonchev–Trinajstić information content (AvgIpc) is 3.62. The van der Waals surface area contributed by atoms with Gasteiger partial charge < -0.3 is 37.9 Å². The zero-order valence-corrected chi connectivity index (χ0v) is 30.7. The molecule has 2 aliphatic heterocycles. The molecule has 8 rings (SSSR count). The molecule has 0 N–H and O–H groups in total. The van der Waals surface area contributed by atoms with E-state index in [2.05, 4.69) is 54.6 Å². The molecule has 1 saturated carbocycles. The van der Waals surface area contributed by atoms with Gasteiger partial charge in [0.05, 0.1) is 39.6 Å². The van der Waals surface area contributed by atoms with Gasteiger partial charge in [0.2, 0.25) is 0 Å². The molecule has 0 unspecified atom stereocenters. The second kappa shape index (κ2) is 18.0. The number of ether oxygens (including phenoxy) is 8. The van der Waals surface area contributed by atoms with Crippen molar-refractivity contribution >= 4 is 10.8 Å². The largest absolute Gasteiger partial charge is 0.482 e. The highest BCUT2D eigenvalue weighted by molar-refractivity contribution is 5.88. The Balaban J connectivity index is 1.11. The van der Waals surface area contributed by atoms with E-state index in [1.54, 1.807) is 0 Å². The van der Waals surface area contributed by atoms with Crippen LogP contribution in [0, 0.1) is 0 Å². The van der Waals surface area contributed by atoms with Crippen LogP contribution >= 0.6 is 0 Å². The first kappa shape index (κ1) is 36.8. The molecule has 5 aromatic rings. The second-order valence-electron chi connectivity index (χ2n) is 14.5. The van der Waals surface area contributed by atoms with Gasteiger partial charge in [-0.15, -0.1) is 0 Å². The lowest BCUT2D eigenvalue weighted by molar-refractivity contribution is -0.317. The van der Waals surface area contributed by atoms with Crippen molar-refractivity contribution in [2.24, 2.45) is 0 Å². The third-order valence-corrected chi connectivity index (χ3v) is 10.5. The van der Waals surface area contributed by atoms with Crippen LogP contribution in [0.1, 0.15) is 48.8 Å². The number of hydrogen-bond acceptors (Lipinski definition) is 8. The lowest BCUT2D eigenvalue weighted by atomic mass is 9.94. The Hall–Kier alpha value is -4.12. The molecule has 0 aromatic heterocycles. The van der Waals surface area contributed by atoms with Crippen LogP contribution in [0.3, 0.4) is 0 Å². The minimum Gasteiger partial charge on any atom is -0.482 e. The molecule has 0 bridgehead atoms. The van der Waals surface area contributed by atoms with Crippen LogP contribution in [-0.2, 0) is 53.0 Å². The molecule has 1 spiro atoms. The molecule has 8 nitrogen and oxygen atoms in total. The normalized spacial score (nSPS) is 25.2. The third-order valence-electron chi connectivity index (χ3n) is 10.5. The van der Waals surface area contributed by atoms with Crippen molar-refractivity contribution in [3.8, 4) is 5.75 Å². The van der Waals surface area contributed by atoms with E-state index >= 15 is 0 Å². The van der Waals surface area contributed by atoms with Gasteiger partial charge in [-0.25, -0.2) is 0 Å². The topological polar surface area (TPSA) is 73.8 Å². The highest BCUT2D eigenvalue weighted by Gasteiger charge is 2.51. The smallest absolute Gasteiger partial charge is 0.198 e. The average molecular weight is 731 g/mol. The lowest BCUT2D eigenvalue weighted by Gasteiger charge is -2.46. The Morgan fingerprint density at radius 3 is 1.87 bits per heavy atom. The van der Waals surface area contributed by atoms with Crippen LogP contribution in [0.2, 0.25) is 0 Å². The predicted molar refractivity (Wildman–Crippen MR) is 206 cm³/mol. The Morgan fingerprint density at radius 2 is 1.17 bits per heavy atom. The fourth-order valence-electron chi connectivity index (χ4n) is 7.76. The van der Waals surface area contributed by atoms with Crippen molar-refractivity contribution in [2.75, 3.05) is 19.8 Å². The van der Waals surface area contributed by atoms with Crippen molar-refractivity contribution in [1.29, 1.82) is 0 Å². The summed E-state index contributed by atoms with van der Waals surface area (Å²) in [5.41, 5.74) is 3.16. The highest BCUT2D eigenvalue weighted by atomic mass is 16.8. The predicted octanol–water partition coefficient (Wildman–Crippen LogP) is 8.79. The van der Waals surface area contributed by atoms with Gasteiger partial charge in [-0.05, 0) is 41.0 Å². The van der Waals surface area contributed by atoms with Crippen LogP contribution in [0.15, 0.2) is 133 Å². The van der Waals surface area contributed by atoms with E-state index in [9.17, 15) is 0 Å². The molecule has 8 heteroatoms. The minimum atomic E-state index is -0.835. The zero-order chi connectivity index (χ0) is 36.4. The molecular weight excluding hydrogens is 680 g/mol. The van der Waals surface area contributed by atoms with Gasteiger partial charge in [-0.1, -0.05) is 134 Å². The summed E-state index contributed by atoms with van der Waals surface area (Å²) in [6, 6.07) is 44.8. The SMILES string of the molecule is c1ccc(COC[C@H]2O[C@H](OC[C@H]3COC4(CCCCC4)O3)[C@H](Oc3cccc4ccccc34)[C@@H](OCc3ccccc3)[C@@H]2OCc2ccccc2)cc1. The van der Waals surface area contributed by atoms with Gasteiger partial charge in [0.25, 0.3) is 0 Å². The van der Waals surface area contributed by atoms with E-state index in [4.69, 9.17) is 37.9 Å². The van der Waals surface area contributed by atoms with Crippen LogP contribution in [0.4, 0.5) is 0 Å². The highest BCUT2D eigenvalue weighted by Crippen LogP contribution is 2.39. The molecule has 5 aromatic carbocycles. The summed E-state index contributed by atoms with van der Waals surface area (Å²) in [6.45, 7) is 2.14.